The topological polar surface area (TPSA) is 49.9 Å². The number of nitrogens with one attached hydrogen (secondary N) is 2. The van der Waals surface area contributed by atoms with Gasteiger partial charge >= 0.3 is 0 Å². The summed E-state index contributed by atoms with van der Waals surface area (Å²) in [6, 6.07) is 11.7. The van der Waals surface area contributed by atoms with E-state index in [-0.39, 0.29) is 12.4 Å². The van der Waals surface area contributed by atoms with Crippen molar-refractivity contribution < 1.29 is 4.74 Å². The fourth-order valence-electron chi connectivity index (χ4n) is 2.31. The van der Waals surface area contributed by atoms with Gasteiger partial charge < -0.3 is 10.1 Å². The zero-order chi connectivity index (χ0) is 12.2. The van der Waals surface area contributed by atoms with Crippen LogP contribution in [0.5, 0.6) is 11.6 Å². The quantitative estimate of drug-likeness (QED) is 0.908. The molecular formula is C14H18ClN3O. The molecule has 1 aromatic heterocycles. The number of ether oxygens (including phenoxy) is 1. The van der Waals surface area contributed by atoms with Crippen LogP contribution >= 0.6 is 12.4 Å². The zero-order valence-corrected chi connectivity index (χ0v) is 11.5. The molecule has 0 spiro atoms. The van der Waals surface area contributed by atoms with Gasteiger partial charge in [-0.2, -0.15) is 0 Å². The summed E-state index contributed by atoms with van der Waals surface area (Å²) < 4.78 is 5.69. The molecule has 2 heterocycles. The molecule has 2 N–H and O–H groups in total. The van der Waals surface area contributed by atoms with Crippen LogP contribution in [-0.2, 0) is 0 Å². The molecule has 4 nitrogen and oxygen atoms in total. The molecule has 0 bridgehead atoms. The van der Waals surface area contributed by atoms with Crippen LogP contribution in [-0.4, -0.2) is 23.3 Å². The summed E-state index contributed by atoms with van der Waals surface area (Å²) in [5, 5.41) is 10.7. The minimum atomic E-state index is 0. The number of hydrogen-bond donors (Lipinski definition) is 2. The second-order valence-corrected chi connectivity index (χ2v) is 4.62. The maximum atomic E-state index is 5.69. The molecule has 102 valence electrons. The first-order valence-electron chi connectivity index (χ1n) is 6.41. The first kappa shape index (κ1) is 13.9. The van der Waals surface area contributed by atoms with Gasteiger partial charge in [0.15, 0.2) is 0 Å². The zero-order valence-electron chi connectivity index (χ0n) is 10.6. The van der Waals surface area contributed by atoms with E-state index in [2.05, 4.69) is 15.5 Å². The Morgan fingerprint density at radius 2 is 2.05 bits per heavy atom. The van der Waals surface area contributed by atoms with E-state index >= 15 is 0 Å². The minimum Gasteiger partial charge on any atom is -0.438 e. The Kier molecular flexibility index (Phi) is 4.82. The van der Waals surface area contributed by atoms with E-state index in [0.29, 0.717) is 11.8 Å². The van der Waals surface area contributed by atoms with Crippen LogP contribution in [0.15, 0.2) is 36.4 Å². The highest BCUT2D eigenvalue weighted by atomic mass is 35.5. The molecule has 3 rings (SSSR count). The third kappa shape index (κ3) is 3.49. The maximum absolute atomic E-state index is 5.69. The fraction of sp³-hybridized carbons (Fsp3) is 0.357. The van der Waals surface area contributed by atoms with Gasteiger partial charge in [-0.05, 0) is 31.5 Å². The molecule has 19 heavy (non-hydrogen) atoms. The minimum absolute atomic E-state index is 0. The number of piperidine rings is 1. The number of para-hydroxylation sites is 1. The lowest BCUT2D eigenvalue weighted by atomic mass is 9.96. The molecule has 1 fully saturated rings. The molecule has 1 aromatic carbocycles. The average Bonchev–Trinajstić information content (AvgIpc) is 2.89. The number of benzene rings is 1. The standard InChI is InChI=1S/C14H17N3O.ClH/c1-2-6-12(7-3-1)18-14-9-13(16-17-14)11-5-4-8-15-10-11;/h1-3,6-7,9,11,15H,4-5,8,10H2,(H,16,17);1H/t11-;/m0./s1. The largest absolute Gasteiger partial charge is 0.438 e. The number of hydrogen-bond acceptors (Lipinski definition) is 3. The fourth-order valence-corrected chi connectivity index (χ4v) is 2.31. The smallest absolute Gasteiger partial charge is 0.238 e. The number of H-pyrrole nitrogens is 1. The Morgan fingerprint density at radius 3 is 2.79 bits per heavy atom. The molecule has 0 radical (unpaired) electrons. The van der Waals surface area contributed by atoms with E-state index in [4.69, 9.17) is 4.74 Å². The van der Waals surface area contributed by atoms with Gasteiger partial charge in [0.05, 0.1) is 0 Å². The lowest BCUT2D eigenvalue weighted by molar-refractivity contribution is 0.454. The number of aromatic nitrogens is 2. The van der Waals surface area contributed by atoms with Crippen molar-refractivity contribution in [2.45, 2.75) is 18.8 Å². The molecule has 0 unspecified atom stereocenters. The first-order chi connectivity index (χ1) is 8.92. The van der Waals surface area contributed by atoms with Crippen LogP contribution in [0.2, 0.25) is 0 Å². The van der Waals surface area contributed by atoms with Crippen LogP contribution < -0.4 is 10.1 Å². The van der Waals surface area contributed by atoms with Gasteiger partial charge in [0, 0.05) is 24.2 Å². The third-order valence-corrected chi connectivity index (χ3v) is 3.28. The van der Waals surface area contributed by atoms with Gasteiger partial charge in [0.1, 0.15) is 5.75 Å². The van der Waals surface area contributed by atoms with Gasteiger partial charge in [-0.25, -0.2) is 0 Å². The Balaban J connectivity index is 0.00000133. The van der Waals surface area contributed by atoms with Gasteiger partial charge in [-0.3, -0.25) is 5.10 Å². The molecular weight excluding hydrogens is 262 g/mol. The highest BCUT2D eigenvalue weighted by molar-refractivity contribution is 5.85. The first-order valence-corrected chi connectivity index (χ1v) is 6.41. The summed E-state index contributed by atoms with van der Waals surface area (Å²) in [5.41, 5.74) is 1.16. The van der Waals surface area contributed by atoms with Crippen molar-refractivity contribution in [2.24, 2.45) is 0 Å². The Hall–Kier alpha value is -1.52. The molecule has 1 aliphatic rings. The number of aromatic amines is 1. The van der Waals surface area contributed by atoms with E-state index in [9.17, 15) is 0 Å². The lowest BCUT2D eigenvalue weighted by Gasteiger charge is -2.20. The van der Waals surface area contributed by atoms with Crippen molar-refractivity contribution in [1.29, 1.82) is 0 Å². The Bertz CT molecular complexity index is 494. The van der Waals surface area contributed by atoms with Crippen LogP contribution in [0, 0.1) is 0 Å². The summed E-state index contributed by atoms with van der Waals surface area (Å²) in [6.45, 7) is 2.14. The van der Waals surface area contributed by atoms with Crippen molar-refractivity contribution in [2.75, 3.05) is 13.1 Å². The average molecular weight is 280 g/mol. The van der Waals surface area contributed by atoms with E-state index in [1.807, 2.05) is 36.4 Å². The monoisotopic (exact) mass is 279 g/mol. The Morgan fingerprint density at radius 1 is 1.21 bits per heavy atom. The molecule has 2 aromatic rings. The second-order valence-electron chi connectivity index (χ2n) is 4.62. The number of halogens is 1. The second kappa shape index (κ2) is 6.59. The molecule has 5 heteroatoms. The van der Waals surface area contributed by atoms with Crippen molar-refractivity contribution in [3.8, 4) is 11.6 Å². The SMILES string of the molecule is Cl.c1ccc(Oc2cc([C@H]3CCCNC3)[nH]n2)cc1. The summed E-state index contributed by atoms with van der Waals surface area (Å²) >= 11 is 0. The molecule has 1 aliphatic heterocycles. The predicted molar refractivity (Wildman–Crippen MR) is 77.2 cm³/mol. The summed E-state index contributed by atoms with van der Waals surface area (Å²) in [4.78, 5) is 0. The van der Waals surface area contributed by atoms with Crippen molar-refractivity contribution >= 4 is 12.4 Å². The van der Waals surface area contributed by atoms with Crippen LogP contribution in [0.3, 0.4) is 0 Å². The van der Waals surface area contributed by atoms with Gasteiger partial charge in [0.25, 0.3) is 0 Å². The Labute approximate surface area is 119 Å². The number of rotatable bonds is 3. The normalized spacial score (nSPS) is 18.6. The van der Waals surface area contributed by atoms with E-state index < -0.39 is 0 Å². The predicted octanol–water partition coefficient (Wildman–Crippen LogP) is 3.09. The molecule has 0 aliphatic carbocycles. The highest BCUT2D eigenvalue weighted by Crippen LogP contribution is 2.26. The van der Waals surface area contributed by atoms with Crippen molar-refractivity contribution in [1.82, 2.24) is 15.5 Å². The van der Waals surface area contributed by atoms with Crippen molar-refractivity contribution in [3.63, 3.8) is 0 Å². The van der Waals surface area contributed by atoms with Crippen LogP contribution in [0.4, 0.5) is 0 Å². The van der Waals surface area contributed by atoms with E-state index in [1.54, 1.807) is 0 Å². The summed E-state index contributed by atoms with van der Waals surface area (Å²) in [6.07, 6.45) is 2.43. The van der Waals surface area contributed by atoms with E-state index in [1.165, 1.54) is 12.8 Å². The maximum Gasteiger partial charge on any atom is 0.238 e. The number of nitrogens with zero attached hydrogens (tertiary/aromatic N) is 1. The molecule has 0 saturated carbocycles. The van der Waals surface area contributed by atoms with Gasteiger partial charge in [-0.15, -0.1) is 17.5 Å². The van der Waals surface area contributed by atoms with Gasteiger partial charge in [0.2, 0.25) is 5.88 Å². The van der Waals surface area contributed by atoms with Crippen LogP contribution in [0.25, 0.3) is 0 Å². The van der Waals surface area contributed by atoms with Crippen LogP contribution in [0.1, 0.15) is 24.5 Å². The third-order valence-electron chi connectivity index (χ3n) is 3.28. The summed E-state index contributed by atoms with van der Waals surface area (Å²) in [5.74, 6) is 1.98. The van der Waals surface area contributed by atoms with Crippen molar-refractivity contribution in [3.05, 3.63) is 42.1 Å². The van der Waals surface area contributed by atoms with Gasteiger partial charge in [-0.1, -0.05) is 18.2 Å². The molecule has 1 atom stereocenters. The molecule has 0 amide bonds. The summed E-state index contributed by atoms with van der Waals surface area (Å²) in [7, 11) is 0. The van der Waals surface area contributed by atoms with E-state index in [0.717, 1.165) is 24.5 Å². The lowest BCUT2D eigenvalue weighted by Crippen LogP contribution is -2.28. The highest BCUT2D eigenvalue weighted by Gasteiger charge is 2.17. The molecule has 1 saturated heterocycles.